The fraction of sp³-hybridized carbons (Fsp3) is 0.533. The molecule has 1 atom stereocenters. The van der Waals surface area contributed by atoms with E-state index in [1.165, 1.54) is 0 Å². The van der Waals surface area contributed by atoms with Gasteiger partial charge in [-0.2, -0.15) is 0 Å². The highest BCUT2D eigenvalue weighted by molar-refractivity contribution is 5.98. The molecule has 0 aromatic heterocycles. The van der Waals surface area contributed by atoms with Crippen molar-refractivity contribution in [1.29, 1.82) is 0 Å². The molecule has 1 aromatic rings. The first-order valence-electron chi connectivity index (χ1n) is 7.22. The molecule has 1 unspecified atom stereocenters. The average Bonchev–Trinajstić information content (AvgIpc) is 2.46. The Bertz CT molecular complexity index is 543. The number of aryl methyl sites for hydroxylation is 1. The lowest BCUT2D eigenvalue weighted by molar-refractivity contribution is -0.385. The van der Waals surface area contributed by atoms with E-state index < -0.39 is 4.92 Å². The number of piperidine rings is 1. The number of nitrogens with zero attached hydrogens (tertiary/aromatic N) is 2. The summed E-state index contributed by atoms with van der Waals surface area (Å²) in [5, 5.41) is 14.4. The molecule has 1 aliphatic heterocycles. The van der Waals surface area contributed by atoms with E-state index in [4.69, 9.17) is 0 Å². The number of likely N-dealkylation sites (tertiary alicyclic amines) is 1. The second kappa shape index (κ2) is 6.67. The fourth-order valence-corrected chi connectivity index (χ4v) is 2.95. The second-order valence-electron chi connectivity index (χ2n) is 5.55. The van der Waals surface area contributed by atoms with Crippen molar-refractivity contribution >= 4 is 11.6 Å². The molecule has 0 spiro atoms. The summed E-state index contributed by atoms with van der Waals surface area (Å²) >= 11 is 0. The van der Waals surface area contributed by atoms with Gasteiger partial charge in [0.2, 0.25) is 0 Å². The molecule has 1 fully saturated rings. The third kappa shape index (κ3) is 3.39. The number of para-hydroxylation sites is 1. The summed E-state index contributed by atoms with van der Waals surface area (Å²) in [6.45, 7) is 3.85. The van der Waals surface area contributed by atoms with Crippen LogP contribution in [0, 0.1) is 23.0 Å². The standard InChI is InChI=1S/C15H21N3O3/c1-11-5-3-7-13(14(11)18(20)21)15(19)17-8-4-6-12(10-17)9-16-2/h3,5,7,12,16H,4,6,8-10H2,1-2H3. The van der Waals surface area contributed by atoms with Crippen molar-refractivity contribution in [2.45, 2.75) is 19.8 Å². The second-order valence-corrected chi connectivity index (χ2v) is 5.55. The molecule has 1 aliphatic rings. The SMILES string of the molecule is CNCC1CCCN(C(=O)c2cccc(C)c2[N+](=O)[O-])C1. The molecule has 0 saturated carbocycles. The van der Waals surface area contributed by atoms with Crippen molar-refractivity contribution in [2.24, 2.45) is 5.92 Å². The summed E-state index contributed by atoms with van der Waals surface area (Å²) in [7, 11) is 1.90. The molecule has 0 bridgehead atoms. The first kappa shape index (κ1) is 15.4. The number of rotatable bonds is 4. The molecule has 0 radical (unpaired) electrons. The summed E-state index contributed by atoms with van der Waals surface area (Å²) in [4.78, 5) is 25.1. The fourth-order valence-electron chi connectivity index (χ4n) is 2.95. The molecule has 21 heavy (non-hydrogen) atoms. The van der Waals surface area contributed by atoms with Crippen molar-refractivity contribution < 1.29 is 9.72 Å². The van der Waals surface area contributed by atoms with Crippen LogP contribution in [-0.2, 0) is 0 Å². The smallest absolute Gasteiger partial charge is 0.285 e. The number of nitro benzene ring substituents is 1. The monoisotopic (exact) mass is 291 g/mol. The zero-order chi connectivity index (χ0) is 15.4. The van der Waals surface area contributed by atoms with Gasteiger partial charge in [0, 0.05) is 18.7 Å². The van der Waals surface area contributed by atoms with Crippen LogP contribution < -0.4 is 5.32 Å². The van der Waals surface area contributed by atoms with Crippen LogP contribution in [0.5, 0.6) is 0 Å². The molecular weight excluding hydrogens is 270 g/mol. The Labute approximate surface area is 124 Å². The van der Waals surface area contributed by atoms with Gasteiger partial charge in [0.05, 0.1) is 4.92 Å². The van der Waals surface area contributed by atoms with E-state index in [1.54, 1.807) is 30.0 Å². The largest absolute Gasteiger partial charge is 0.338 e. The maximum atomic E-state index is 12.6. The Hall–Kier alpha value is -1.95. The van der Waals surface area contributed by atoms with Gasteiger partial charge in [0.25, 0.3) is 11.6 Å². The van der Waals surface area contributed by atoms with Gasteiger partial charge in [0.1, 0.15) is 5.56 Å². The summed E-state index contributed by atoms with van der Waals surface area (Å²) < 4.78 is 0. The van der Waals surface area contributed by atoms with Gasteiger partial charge >= 0.3 is 0 Å². The molecular formula is C15H21N3O3. The molecule has 0 aliphatic carbocycles. The first-order valence-corrected chi connectivity index (χ1v) is 7.22. The topological polar surface area (TPSA) is 75.5 Å². The van der Waals surface area contributed by atoms with Crippen LogP contribution in [0.15, 0.2) is 18.2 Å². The Balaban J connectivity index is 2.24. The molecule has 2 rings (SSSR count). The summed E-state index contributed by atoms with van der Waals surface area (Å²) in [5.41, 5.74) is 0.651. The van der Waals surface area contributed by atoms with Crippen LogP contribution in [-0.4, -0.2) is 42.4 Å². The zero-order valence-corrected chi connectivity index (χ0v) is 12.5. The number of nitrogens with one attached hydrogen (secondary N) is 1. The summed E-state index contributed by atoms with van der Waals surface area (Å²) in [6, 6.07) is 4.91. The van der Waals surface area contributed by atoms with Gasteiger partial charge in [-0.1, -0.05) is 12.1 Å². The predicted octanol–water partition coefficient (Wildman–Crippen LogP) is 1.97. The summed E-state index contributed by atoms with van der Waals surface area (Å²) in [5.74, 6) is 0.183. The average molecular weight is 291 g/mol. The van der Waals surface area contributed by atoms with E-state index in [0.29, 0.717) is 24.6 Å². The van der Waals surface area contributed by atoms with Gasteiger partial charge < -0.3 is 10.2 Å². The van der Waals surface area contributed by atoms with Crippen molar-refractivity contribution in [3.05, 3.63) is 39.4 Å². The Morgan fingerprint density at radius 2 is 2.29 bits per heavy atom. The van der Waals surface area contributed by atoms with Gasteiger partial charge in [-0.25, -0.2) is 0 Å². The number of hydrogen-bond acceptors (Lipinski definition) is 4. The number of amides is 1. The van der Waals surface area contributed by atoms with Crippen LogP contribution in [0.2, 0.25) is 0 Å². The highest BCUT2D eigenvalue weighted by Crippen LogP contribution is 2.26. The molecule has 6 heteroatoms. The number of carbonyl (C=O) groups is 1. The van der Waals surface area contributed by atoms with Gasteiger partial charge in [-0.05, 0) is 45.3 Å². The summed E-state index contributed by atoms with van der Waals surface area (Å²) in [6.07, 6.45) is 2.03. The van der Waals surface area contributed by atoms with Crippen molar-refractivity contribution in [3.8, 4) is 0 Å². The third-order valence-electron chi connectivity index (χ3n) is 3.95. The lowest BCUT2D eigenvalue weighted by atomic mass is 9.97. The van der Waals surface area contributed by atoms with E-state index in [-0.39, 0.29) is 17.2 Å². The number of hydrogen-bond donors (Lipinski definition) is 1. The number of carbonyl (C=O) groups excluding carboxylic acids is 1. The minimum absolute atomic E-state index is 0.0711. The normalized spacial score (nSPS) is 18.6. The molecule has 1 saturated heterocycles. The number of benzene rings is 1. The highest BCUT2D eigenvalue weighted by atomic mass is 16.6. The van der Waals surface area contributed by atoms with Crippen molar-refractivity contribution in [2.75, 3.05) is 26.7 Å². The molecule has 1 aromatic carbocycles. The van der Waals surface area contributed by atoms with Gasteiger partial charge in [-0.3, -0.25) is 14.9 Å². The highest BCUT2D eigenvalue weighted by Gasteiger charge is 2.29. The van der Waals surface area contributed by atoms with Crippen LogP contribution in [0.3, 0.4) is 0 Å². The van der Waals surface area contributed by atoms with Crippen LogP contribution in [0.1, 0.15) is 28.8 Å². The van der Waals surface area contributed by atoms with Crippen LogP contribution in [0.4, 0.5) is 5.69 Å². The van der Waals surface area contributed by atoms with Crippen molar-refractivity contribution in [1.82, 2.24) is 10.2 Å². The maximum absolute atomic E-state index is 12.6. The zero-order valence-electron chi connectivity index (χ0n) is 12.5. The quantitative estimate of drug-likeness (QED) is 0.680. The molecule has 1 N–H and O–H groups in total. The molecule has 6 nitrogen and oxygen atoms in total. The Morgan fingerprint density at radius 1 is 1.52 bits per heavy atom. The number of nitro groups is 1. The molecule has 1 amide bonds. The van der Waals surface area contributed by atoms with E-state index >= 15 is 0 Å². The Morgan fingerprint density at radius 3 is 2.95 bits per heavy atom. The minimum Gasteiger partial charge on any atom is -0.338 e. The molecule has 114 valence electrons. The van der Waals surface area contributed by atoms with E-state index in [1.807, 2.05) is 7.05 Å². The van der Waals surface area contributed by atoms with Crippen molar-refractivity contribution in [3.63, 3.8) is 0 Å². The van der Waals surface area contributed by atoms with Gasteiger partial charge in [0.15, 0.2) is 0 Å². The van der Waals surface area contributed by atoms with Crippen LogP contribution >= 0.6 is 0 Å². The first-order chi connectivity index (χ1) is 10.0. The molecule has 1 heterocycles. The third-order valence-corrected chi connectivity index (χ3v) is 3.95. The van der Waals surface area contributed by atoms with E-state index in [9.17, 15) is 14.9 Å². The minimum atomic E-state index is -0.461. The van der Waals surface area contributed by atoms with Gasteiger partial charge in [-0.15, -0.1) is 0 Å². The lowest BCUT2D eigenvalue weighted by Crippen LogP contribution is -2.42. The predicted molar refractivity (Wildman–Crippen MR) is 80.4 cm³/mol. The van der Waals surface area contributed by atoms with E-state index in [2.05, 4.69) is 5.32 Å². The lowest BCUT2D eigenvalue weighted by Gasteiger charge is -2.32. The maximum Gasteiger partial charge on any atom is 0.285 e. The van der Waals surface area contributed by atoms with E-state index in [0.717, 1.165) is 19.4 Å². The van der Waals surface area contributed by atoms with Crippen LogP contribution in [0.25, 0.3) is 0 Å². The Kier molecular flexibility index (Phi) is 4.90.